The second kappa shape index (κ2) is 10.4. The predicted molar refractivity (Wildman–Crippen MR) is 131 cm³/mol. The first kappa shape index (κ1) is 24.8. The molecule has 0 radical (unpaired) electrons. The predicted octanol–water partition coefficient (Wildman–Crippen LogP) is 6.51. The number of anilines is 1. The molecule has 0 fully saturated rings. The second-order valence-electron chi connectivity index (χ2n) is 7.59. The van der Waals surface area contributed by atoms with Gasteiger partial charge < -0.3 is 9.64 Å². The Labute approximate surface area is 206 Å². The van der Waals surface area contributed by atoms with Crippen molar-refractivity contribution in [3.05, 3.63) is 97.5 Å². The summed E-state index contributed by atoms with van der Waals surface area (Å²) < 4.78 is 5.18. The van der Waals surface area contributed by atoms with Crippen LogP contribution in [0.4, 0.5) is 16.2 Å². The number of likely N-dealkylation sites (N-methyl/N-ethyl adjacent to an activating group) is 1. The topological polar surface area (TPSA) is 84.7 Å². The van der Waals surface area contributed by atoms with Gasteiger partial charge in [-0.15, -0.1) is 12.4 Å². The fourth-order valence-corrected chi connectivity index (χ4v) is 4.38. The molecule has 33 heavy (non-hydrogen) atoms. The zero-order chi connectivity index (χ0) is 22.8. The van der Waals surface area contributed by atoms with Gasteiger partial charge in [0, 0.05) is 46.9 Å². The number of fused-ring (bicyclic) bond motifs is 1. The molecule has 3 aromatic rings. The summed E-state index contributed by atoms with van der Waals surface area (Å²) >= 11 is 12.7. The lowest BCUT2D eigenvalue weighted by Gasteiger charge is -2.33. The summed E-state index contributed by atoms with van der Waals surface area (Å²) in [5, 5.41) is 14.6. The van der Waals surface area contributed by atoms with E-state index in [1.54, 1.807) is 18.2 Å². The molecule has 172 valence electrons. The highest BCUT2D eigenvalue weighted by Crippen LogP contribution is 2.38. The third-order valence-corrected chi connectivity index (χ3v) is 5.87. The summed E-state index contributed by atoms with van der Waals surface area (Å²) in [4.78, 5) is 24.6. The Morgan fingerprint density at radius 3 is 2.42 bits per heavy atom. The maximum atomic E-state index is 12.2. The van der Waals surface area contributed by atoms with Crippen LogP contribution in [0.3, 0.4) is 0 Å². The third kappa shape index (κ3) is 5.75. The molecule has 0 bridgehead atoms. The van der Waals surface area contributed by atoms with Crippen LogP contribution in [-0.4, -0.2) is 29.5 Å². The van der Waals surface area contributed by atoms with Crippen molar-refractivity contribution in [3.8, 4) is 5.75 Å². The van der Waals surface area contributed by atoms with Crippen LogP contribution in [-0.2, 0) is 6.54 Å². The van der Waals surface area contributed by atoms with Crippen LogP contribution in [0.1, 0.15) is 22.6 Å². The molecule has 0 aliphatic carbocycles. The Morgan fingerprint density at radius 2 is 1.79 bits per heavy atom. The van der Waals surface area contributed by atoms with Gasteiger partial charge in [-0.1, -0.05) is 35.3 Å². The highest BCUT2D eigenvalue weighted by atomic mass is 35.5. The van der Waals surface area contributed by atoms with Crippen LogP contribution >= 0.6 is 35.6 Å². The first-order chi connectivity index (χ1) is 15.3. The Kier molecular flexibility index (Phi) is 7.81. The van der Waals surface area contributed by atoms with E-state index in [0.29, 0.717) is 15.7 Å². The molecule has 0 spiro atoms. The van der Waals surface area contributed by atoms with Gasteiger partial charge in [-0.05, 0) is 60.1 Å². The molecule has 1 heterocycles. The fraction of sp³-hybridized carbons (Fsp3) is 0.174. The Hall–Kier alpha value is -2.84. The number of non-ortho nitro benzene ring substituents is 1. The second-order valence-corrected chi connectivity index (χ2v) is 8.44. The number of nitrogens with zero attached hydrogens (tertiary/aromatic N) is 2. The van der Waals surface area contributed by atoms with E-state index in [-0.39, 0.29) is 29.8 Å². The van der Waals surface area contributed by atoms with Gasteiger partial charge >= 0.3 is 6.09 Å². The van der Waals surface area contributed by atoms with Crippen molar-refractivity contribution in [2.24, 2.45) is 0 Å². The maximum absolute atomic E-state index is 12.2. The van der Waals surface area contributed by atoms with Gasteiger partial charge in [0.15, 0.2) is 0 Å². The number of amides is 1. The van der Waals surface area contributed by atoms with E-state index in [0.717, 1.165) is 29.8 Å². The molecule has 1 aliphatic heterocycles. The number of benzene rings is 3. The van der Waals surface area contributed by atoms with Crippen molar-refractivity contribution < 1.29 is 14.5 Å². The van der Waals surface area contributed by atoms with E-state index in [9.17, 15) is 14.9 Å². The molecule has 0 aromatic heterocycles. The van der Waals surface area contributed by atoms with E-state index < -0.39 is 11.0 Å². The van der Waals surface area contributed by atoms with Crippen molar-refractivity contribution in [3.63, 3.8) is 0 Å². The molecular weight excluding hydrogens is 489 g/mol. The van der Waals surface area contributed by atoms with Crippen LogP contribution in [0.5, 0.6) is 5.75 Å². The number of ether oxygens (including phenoxy) is 1. The fourth-order valence-electron chi connectivity index (χ4n) is 3.82. The van der Waals surface area contributed by atoms with Gasteiger partial charge in [0.2, 0.25) is 0 Å². The number of nitro groups is 1. The number of rotatable bonds is 4. The van der Waals surface area contributed by atoms with Gasteiger partial charge in [-0.25, -0.2) is 4.79 Å². The van der Waals surface area contributed by atoms with Gasteiger partial charge in [-0.3, -0.25) is 15.4 Å². The van der Waals surface area contributed by atoms with E-state index in [4.69, 9.17) is 27.9 Å². The first-order valence-corrected chi connectivity index (χ1v) is 10.6. The lowest BCUT2D eigenvalue weighted by atomic mass is 9.85. The van der Waals surface area contributed by atoms with Crippen molar-refractivity contribution >= 4 is 53.1 Å². The smallest absolute Gasteiger partial charge is 0.410 e. The van der Waals surface area contributed by atoms with E-state index in [1.165, 1.54) is 24.3 Å². The maximum Gasteiger partial charge on any atom is 0.417 e. The van der Waals surface area contributed by atoms with Crippen molar-refractivity contribution in [1.82, 2.24) is 4.90 Å². The largest absolute Gasteiger partial charge is 0.417 e. The number of carbonyl (C=O) groups excluding carboxylic acids is 1. The lowest BCUT2D eigenvalue weighted by molar-refractivity contribution is -0.384. The molecule has 1 aliphatic rings. The Morgan fingerprint density at radius 1 is 1.12 bits per heavy atom. The van der Waals surface area contributed by atoms with E-state index in [1.807, 2.05) is 25.2 Å². The van der Waals surface area contributed by atoms with Crippen LogP contribution in [0.25, 0.3) is 0 Å². The normalized spacial score (nSPS) is 15.2. The lowest BCUT2D eigenvalue weighted by Crippen LogP contribution is -2.31. The molecule has 7 nitrogen and oxygen atoms in total. The standard InChI is InChI=1S/C23H19Cl2N3O4.ClH/c1-27-12-20(19-10-15(24)11-22(25)21(19)13-27)14-2-4-16(5-3-14)26-23(29)32-18-8-6-17(7-9-18)28(30)31;/h2-11,20H,12-13H2,1H3,(H,26,29);1H. The quantitative estimate of drug-likeness (QED) is 0.321. The molecule has 1 N–H and O–H groups in total. The van der Waals surface area contributed by atoms with Gasteiger partial charge in [-0.2, -0.15) is 0 Å². The molecule has 4 rings (SSSR count). The number of nitro benzene ring substituents is 1. The molecule has 0 saturated heterocycles. The van der Waals surface area contributed by atoms with E-state index in [2.05, 4.69) is 10.2 Å². The van der Waals surface area contributed by atoms with Crippen LogP contribution in [0, 0.1) is 10.1 Å². The number of carbonyl (C=O) groups is 1. The molecule has 1 atom stereocenters. The number of hydrogen-bond donors (Lipinski definition) is 1. The summed E-state index contributed by atoms with van der Waals surface area (Å²) in [6.07, 6.45) is -0.687. The minimum absolute atomic E-state index is 0. The summed E-state index contributed by atoms with van der Waals surface area (Å²) in [5.41, 5.74) is 3.74. The molecular formula is C23H20Cl3N3O4. The van der Waals surface area contributed by atoms with Crippen molar-refractivity contribution in [2.45, 2.75) is 12.5 Å². The van der Waals surface area contributed by atoms with E-state index >= 15 is 0 Å². The van der Waals surface area contributed by atoms with Gasteiger partial charge in [0.1, 0.15) is 5.75 Å². The molecule has 3 aromatic carbocycles. The zero-order valence-electron chi connectivity index (χ0n) is 17.5. The molecule has 1 amide bonds. The summed E-state index contributed by atoms with van der Waals surface area (Å²) in [6.45, 7) is 1.58. The van der Waals surface area contributed by atoms with Crippen LogP contribution in [0.2, 0.25) is 10.0 Å². The Bertz CT molecular complexity index is 1170. The third-order valence-electron chi connectivity index (χ3n) is 5.31. The van der Waals surface area contributed by atoms with Crippen LogP contribution < -0.4 is 10.1 Å². The molecule has 1 unspecified atom stereocenters. The average Bonchev–Trinajstić information content (AvgIpc) is 2.75. The number of hydrogen-bond acceptors (Lipinski definition) is 5. The van der Waals surface area contributed by atoms with Crippen LogP contribution in [0.15, 0.2) is 60.7 Å². The minimum Gasteiger partial charge on any atom is -0.410 e. The van der Waals surface area contributed by atoms with Gasteiger partial charge in [0.05, 0.1) is 4.92 Å². The molecule has 10 heteroatoms. The Balaban J connectivity index is 0.00000306. The summed E-state index contributed by atoms with van der Waals surface area (Å²) in [5.74, 6) is 0.307. The highest BCUT2D eigenvalue weighted by Gasteiger charge is 2.27. The monoisotopic (exact) mass is 507 g/mol. The number of halogens is 3. The zero-order valence-corrected chi connectivity index (χ0v) is 19.8. The minimum atomic E-state index is -0.687. The summed E-state index contributed by atoms with van der Waals surface area (Å²) in [6, 6.07) is 16.5. The average molecular weight is 509 g/mol. The molecule has 0 saturated carbocycles. The SMILES string of the molecule is CN1Cc2c(Cl)cc(Cl)cc2C(c2ccc(NC(=O)Oc3ccc([N+](=O)[O-])cc3)cc2)C1.Cl. The summed E-state index contributed by atoms with van der Waals surface area (Å²) in [7, 11) is 2.05. The van der Waals surface area contributed by atoms with Gasteiger partial charge in [0.25, 0.3) is 5.69 Å². The van der Waals surface area contributed by atoms with Crippen molar-refractivity contribution in [2.75, 3.05) is 18.9 Å². The highest BCUT2D eigenvalue weighted by molar-refractivity contribution is 6.35. The van der Waals surface area contributed by atoms with Crippen molar-refractivity contribution in [1.29, 1.82) is 0 Å². The first-order valence-electron chi connectivity index (χ1n) is 9.80. The number of nitrogens with one attached hydrogen (secondary N) is 1.